The Bertz CT molecular complexity index is 702. The lowest BCUT2D eigenvalue weighted by Crippen LogP contribution is -2.03. The lowest BCUT2D eigenvalue weighted by Gasteiger charge is -1.98. The highest BCUT2D eigenvalue weighted by molar-refractivity contribution is 5.93. The Morgan fingerprint density at radius 3 is 2.47 bits per heavy atom. The first kappa shape index (κ1) is 11.7. The minimum Gasteiger partial charge on any atom is -0.508 e. The first-order valence-electron chi connectivity index (χ1n) is 6.15. The highest BCUT2D eigenvalue weighted by atomic mass is 16.3. The molecule has 3 rings (SSSR count). The number of phenolic OH excluding ortho intramolecular Hbond substituents is 1. The Morgan fingerprint density at radius 1 is 1.00 bits per heavy atom. The summed E-state index contributed by atoms with van der Waals surface area (Å²) in [4.78, 5) is 0. The van der Waals surface area contributed by atoms with Crippen molar-refractivity contribution in [2.75, 3.05) is 6.61 Å². The van der Waals surface area contributed by atoms with Crippen LogP contribution in [-0.2, 0) is 6.54 Å². The Balaban J connectivity index is 2.20. The molecular formula is C15H14N2O2. The molecule has 1 heterocycles. The van der Waals surface area contributed by atoms with E-state index in [1.54, 1.807) is 16.8 Å². The smallest absolute Gasteiger partial charge is 0.115 e. The van der Waals surface area contributed by atoms with Crippen LogP contribution in [0.1, 0.15) is 0 Å². The fraction of sp³-hybridized carbons (Fsp3) is 0.133. The second-order valence-corrected chi connectivity index (χ2v) is 4.36. The van der Waals surface area contributed by atoms with Gasteiger partial charge in [-0.15, -0.1) is 0 Å². The van der Waals surface area contributed by atoms with E-state index in [9.17, 15) is 5.11 Å². The summed E-state index contributed by atoms with van der Waals surface area (Å²) in [5.41, 5.74) is 2.81. The van der Waals surface area contributed by atoms with Crippen LogP contribution in [0.15, 0.2) is 48.5 Å². The average molecular weight is 254 g/mol. The van der Waals surface area contributed by atoms with Crippen molar-refractivity contribution in [3.8, 4) is 17.0 Å². The normalized spacial score (nSPS) is 11.0. The van der Waals surface area contributed by atoms with Gasteiger partial charge in [0.1, 0.15) is 11.4 Å². The second-order valence-electron chi connectivity index (χ2n) is 4.36. The van der Waals surface area contributed by atoms with Crippen molar-refractivity contribution in [1.29, 1.82) is 0 Å². The van der Waals surface area contributed by atoms with Gasteiger partial charge in [0.25, 0.3) is 0 Å². The fourth-order valence-corrected chi connectivity index (χ4v) is 2.23. The molecule has 0 bridgehead atoms. The van der Waals surface area contributed by atoms with Gasteiger partial charge in [-0.2, -0.15) is 5.10 Å². The van der Waals surface area contributed by atoms with Gasteiger partial charge in [0.15, 0.2) is 0 Å². The number of para-hydroxylation sites is 1. The number of hydrogen-bond acceptors (Lipinski definition) is 3. The molecule has 0 saturated carbocycles. The first-order chi connectivity index (χ1) is 9.29. The fourth-order valence-electron chi connectivity index (χ4n) is 2.23. The molecule has 0 amide bonds. The molecule has 1 aromatic heterocycles. The van der Waals surface area contributed by atoms with Crippen LogP contribution in [0.2, 0.25) is 0 Å². The van der Waals surface area contributed by atoms with Crippen LogP contribution in [0.3, 0.4) is 0 Å². The molecule has 0 radical (unpaired) electrons. The van der Waals surface area contributed by atoms with Crippen molar-refractivity contribution < 1.29 is 10.2 Å². The van der Waals surface area contributed by atoms with Gasteiger partial charge in [0, 0.05) is 10.9 Å². The molecule has 4 heteroatoms. The number of aliphatic hydroxyl groups is 1. The van der Waals surface area contributed by atoms with Gasteiger partial charge in [0.05, 0.1) is 18.7 Å². The summed E-state index contributed by atoms with van der Waals surface area (Å²) in [5.74, 6) is 0.239. The lowest BCUT2D eigenvalue weighted by molar-refractivity contribution is 0.272. The van der Waals surface area contributed by atoms with Crippen LogP contribution in [0.25, 0.3) is 22.2 Å². The van der Waals surface area contributed by atoms with Gasteiger partial charge in [-0.25, -0.2) is 0 Å². The van der Waals surface area contributed by atoms with Gasteiger partial charge in [0.2, 0.25) is 0 Å². The number of benzene rings is 2. The van der Waals surface area contributed by atoms with Gasteiger partial charge in [-0.1, -0.05) is 18.2 Å². The first-order valence-corrected chi connectivity index (χ1v) is 6.15. The zero-order valence-corrected chi connectivity index (χ0v) is 10.3. The molecule has 2 aromatic carbocycles. The minimum absolute atomic E-state index is 0.0562. The minimum atomic E-state index is 0.0562. The third kappa shape index (κ3) is 2.06. The van der Waals surface area contributed by atoms with Crippen LogP contribution in [0.5, 0.6) is 5.75 Å². The zero-order valence-electron chi connectivity index (χ0n) is 10.3. The summed E-state index contributed by atoms with van der Waals surface area (Å²) in [6, 6.07) is 14.9. The van der Waals surface area contributed by atoms with E-state index >= 15 is 0 Å². The van der Waals surface area contributed by atoms with E-state index in [2.05, 4.69) is 5.10 Å². The van der Waals surface area contributed by atoms with Gasteiger partial charge in [-0.3, -0.25) is 4.68 Å². The number of aromatic hydroxyl groups is 1. The monoisotopic (exact) mass is 254 g/mol. The van der Waals surface area contributed by atoms with Crippen LogP contribution >= 0.6 is 0 Å². The molecule has 4 nitrogen and oxygen atoms in total. The molecule has 0 atom stereocenters. The van der Waals surface area contributed by atoms with Crippen molar-refractivity contribution in [2.24, 2.45) is 0 Å². The van der Waals surface area contributed by atoms with Crippen molar-refractivity contribution >= 4 is 10.9 Å². The molecule has 3 aromatic rings. The van der Waals surface area contributed by atoms with Crippen molar-refractivity contribution in [3.05, 3.63) is 48.5 Å². The number of hydrogen-bond donors (Lipinski definition) is 2. The molecule has 0 unspecified atom stereocenters. The molecule has 0 aliphatic rings. The maximum absolute atomic E-state index is 9.35. The van der Waals surface area contributed by atoms with Crippen LogP contribution in [0, 0.1) is 0 Å². The standard InChI is InChI=1S/C15H14N2O2/c18-10-9-17-14-4-2-1-3-13(14)15(16-17)11-5-7-12(19)8-6-11/h1-8,18-19H,9-10H2. The van der Waals surface area contributed by atoms with Crippen molar-refractivity contribution in [1.82, 2.24) is 9.78 Å². The van der Waals surface area contributed by atoms with Crippen LogP contribution in [-0.4, -0.2) is 26.6 Å². The van der Waals surface area contributed by atoms with E-state index in [1.807, 2.05) is 36.4 Å². The predicted octanol–water partition coefficient (Wildman–Crippen LogP) is 2.40. The SMILES string of the molecule is OCCn1nc(-c2ccc(O)cc2)c2ccccc21. The predicted molar refractivity (Wildman–Crippen MR) is 73.9 cm³/mol. The van der Waals surface area contributed by atoms with Crippen LogP contribution in [0.4, 0.5) is 0 Å². The lowest BCUT2D eigenvalue weighted by atomic mass is 10.1. The molecule has 0 aliphatic carbocycles. The summed E-state index contributed by atoms with van der Waals surface area (Å²) in [6.07, 6.45) is 0. The Morgan fingerprint density at radius 2 is 1.74 bits per heavy atom. The van der Waals surface area contributed by atoms with Gasteiger partial charge >= 0.3 is 0 Å². The second kappa shape index (κ2) is 4.74. The van der Waals surface area contributed by atoms with Crippen molar-refractivity contribution in [2.45, 2.75) is 6.54 Å². The quantitative estimate of drug-likeness (QED) is 0.754. The third-order valence-corrected chi connectivity index (χ3v) is 3.11. The number of rotatable bonds is 3. The number of phenols is 1. The number of aliphatic hydroxyl groups excluding tert-OH is 1. The van der Waals surface area contributed by atoms with E-state index in [-0.39, 0.29) is 12.4 Å². The highest BCUT2D eigenvalue weighted by Crippen LogP contribution is 2.28. The Hall–Kier alpha value is -2.33. The maximum Gasteiger partial charge on any atom is 0.115 e. The number of nitrogens with zero attached hydrogens (tertiary/aromatic N) is 2. The molecule has 0 spiro atoms. The summed E-state index contributed by atoms with van der Waals surface area (Å²) >= 11 is 0. The number of aromatic nitrogens is 2. The largest absolute Gasteiger partial charge is 0.508 e. The molecule has 0 fully saturated rings. The van der Waals surface area contributed by atoms with Gasteiger partial charge < -0.3 is 10.2 Å². The van der Waals surface area contributed by atoms with E-state index < -0.39 is 0 Å². The van der Waals surface area contributed by atoms with E-state index in [0.29, 0.717) is 6.54 Å². The number of fused-ring (bicyclic) bond motifs is 1. The van der Waals surface area contributed by atoms with E-state index in [1.165, 1.54) is 0 Å². The highest BCUT2D eigenvalue weighted by Gasteiger charge is 2.11. The van der Waals surface area contributed by atoms with E-state index in [4.69, 9.17) is 5.11 Å². The van der Waals surface area contributed by atoms with Gasteiger partial charge in [-0.05, 0) is 30.3 Å². The molecule has 96 valence electrons. The average Bonchev–Trinajstić information content (AvgIpc) is 2.80. The molecule has 0 aliphatic heterocycles. The van der Waals surface area contributed by atoms with Crippen molar-refractivity contribution in [3.63, 3.8) is 0 Å². The summed E-state index contributed by atoms with van der Waals surface area (Å²) in [7, 11) is 0. The third-order valence-electron chi connectivity index (χ3n) is 3.11. The maximum atomic E-state index is 9.35. The Labute approximate surface area is 110 Å². The summed E-state index contributed by atoms with van der Waals surface area (Å²) < 4.78 is 1.80. The molecule has 19 heavy (non-hydrogen) atoms. The van der Waals surface area contributed by atoms with Crippen LogP contribution < -0.4 is 0 Å². The zero-order chi connectivity index (χ0) is 13.2. The topological polar surface area (TPSA) is 58.3 Å². The molecule has 2 N–H and O–H groups in total. The molecular weight excluding hydrogens is 240 g/mol. The summed E-state index contributed by atoms with van der Waals surface area (Å²) in [5, 5.41) is 24.0. The van der Waals surface area contributed by atoms with E-state index in [0.717, 1.165) is 22.2 Å². The molecule has 0 saturated heterocycles. The Kier molecular flexibility index (Phi) is 2.93. The summed E-state index contributed by atoms with van der Waals surface area (Å²) in [6.45, 7) is 0.527.